The highest BCUT2D eigenvalue weighted by Gasteiger charge is 2.00. The number of anilines is 2. The summed E-state index contributed by atoms with van der Waals surface area (Å²) in [6, 6.07) is 12.9. The van der Waals surface area contributed by atoms with Crippen LogP contribution in [0.4, 0.5) is 11.4 Å². The normalized spacial score (nSPS) is 9.62. The second-order valence-corrected chi connectivity index (χ2v) is 5.69. The number of carbonyl (C=O) groups is 2. The minimum atomic E-state index is -0.0203. The fourth-order valence-corrected chi connectivity index (χ4v) is 2.03. The summed E-state index contributed by atoms with van der Waals surface area (Å²) < 4.78 is 0. The van der Waals surface area contributed by atoms with Crippen LogP contribution < -0.4 is 10.6 Å². The van der Waals surface area contributed by atoms with E-state index < -0.39 is 0 Å². The van der Waals surface area contributed by atoms with Gasteiger partial charge in [0.25, 0.3) is 0 Å². The van der Waals surface area contributed by atoms with Crippen molar-refractivity contribution in [3.63, 3.8) is 0 Å². The number of nitrogens with one attached hydrogen (secondary N) is 2. The summed E-state index contributed by atoms with van der Waals surface area (Å²) in [7, 11) is 0. The van der Waals surface area contributed by atoms with Gasteiger partial charge in [-0.25, -0.2) is 0 Å². The number of amides is 2. The number of benzene rings is 2. The van der Waals surface area contributed by atoms with E-state index in [-0.39, 0.29) is 23.3 Å². The van der Waals surface area contributed by atoms with E-state index in [1.165, 1.54) is 6.07 Å². The predicted octanol–water partition coefficient (Wildman–Crippen LogP) is 4.26. The molecule has 4 N–H and O–H groups in total. The summed E-state index contributed by atoms with van der Waals surface area (Å²) in [5, 5.41) is 23.5. The fourth-order valence-electron chi connectivity index (χ4n) is 2.03. The molecule has 0 saturated carbocycles. The smallest absolute Gasteiger partial charge is 0.224 e. The summed E-state index contributed by atoms with van der Waals surface area (Å²) in [6.45, 7) is 3.90. The summed E-state index contributed by atoms with van der Waals surface area (Å²) >= 11 is 0. The van der Waals surface area contributed by atoms with E-state index in [1.807, 2.05) is 13.8 Å². The number of phenolic OH excluding ortho intramolecular Hbond substituents is 2. The largest absolute Gasteiger partial charge is 0.508 e. The highest BCUT2D eigenvalue weighted by atomic mass is 16.3. The zero-order valence-corrected chi connectivity index (χ0v) is 15.2. The van der Waals surface area contributed by atoms with Gasteiger partial charge in [-0.3, -0.25) is 9.59 Å². The first-order chi connectivity index (χ1) is 12.4. The standard InChI is InChI=1S/2C10H13NO2/c1-2-4-10(13)11-8-5-3-6-9(12)7-8;1-2-3-10(13)11-8-4-6-9(12)7-5-8/h3,5-7,12H,2,4H2,1H3,(H,11,13);4-7,12H,2-3H2,1H3,(H,11,13). The predicted molar refractivity (Wildman–Crippen MR) is 103 cm³/mol. The molecule has 6 heteroatoms. The highest BCUT2D eigenvalue weighted by Crippen LogP contribution is 2.15. The van der Waals surface area contributed by atoms with Crippen molar-refractivity contribution < 1.29 is 19.8 Å². The molecule has 0 aromatic heterocycles. The molecule has 2 amide bonds. The molecule has 0 aliphatic rings. The van der Waals surface area contributed by atoms with E-state index in [1.54, 1.807) is 42.5 Å². The van der Waals surface area contributed by atoms with Crippen LogP contribution in [0, 0.1) is 0 Å². The Labute approximate surface area is 153 Å². The summed E-state index contributed by atoms with van der Waals surface area (Å²) in [6.07, 6.45) is 2.70. The van der Waals surface area contributed by atoms with Gasteiger partial charge in [-0.05, 0) is 49.2 Å². The third kappa shape index (κ3) is 8.73. The third-order valence-corrected chi connectivity index (χ3v) is 3.24. The Morgan fingerprint density at radius 2 is 1.31 bits per heavy atom. The Kier molecular flexibility index (Phi) is 9.31. The van der Waals surface area contributed by atoms with Crippen LogP contribution in [0.25, 0.3) is 0 Å². The lowest BCUT2D eigenvalue weighted by molar-refractivity contribution is -0.117. The molecule has 6 nitrogen and oxygen atoms in total. The molecule has 0 unspecified atom stereocenters. The van der Waals surface area contributed by atoms with Crippen LogP contribution in [0.15, 0.2) is 48.5 Å². The molecule has 0 radical (unpaired) electrons. The molecule has 0 fully saturated rings. The van der Waals surface area contributed by atoms with Crippen LogP contribution in [-0.4, -0.2) is 22.0 Å². The highest BCUT2D eigenvalue weighted by molar-refractivity contribution is 5.91. The van der Waals surface area contributed by atoms with Gasteiger partial charge in [0.1, 0.15) is 11.5 Å². The van der Waals surface area contributed by atoms with Gasteiger partial charge in [0, 0.05) is 30.3 Å². The molecule has 2 aromatic rings. The minimum absolute atomic E-state index is 0.00758. The molecule has 26 heavy (non-hydrogen) atoms. The Bertz CT molecular complexity index is 699. The molecule has 0 aliphatic carbocycles. The molecule has 0 heterocycles. The van der Waals surface area contributed by atoms with Crippen molar-refractivity contribution in [1.82, 2.24) is 0 Å². The van der Waals surface area contributed by atoms with Crippen LogP contribution in [-0.2, 0) is 9.59 Å². The monoisotopic (exact) mass is 358 g/mol. The number of hydrogen-bond donors (Lipinski definition) is 4. The van der Waals surface area contributed by atoms with Gasteiger partial charge in [-0.15, -0.1) is 0 Å². The van der Waals surface area contributed by atoms with Gasteiger partial charge in [0.15, 0.2) is 0 Å². The van der Waals surface area contributed by atoms with Crippen molar-refractivity contribution in [3.05, 3.63) is 48.5 Å². The van der Waals surface area contributed by atoms with Gasteiger partial charge in [0.05, 0.1) is 0 Å². The molecular weight excluding hydrogens is 332 g/mol. The Hall–Kier alpha value is -3.02. The van der Waals surface area contributed by atoms with Crippen molar-refractivity contribution in [2.45, 2.75) is 39.5 Å². The van der Waals surface area contributed by atoms with E-state index in [9.17, 15) is 9.59 Å². The number of aromatic hydroxyl groups is 2. The van der Waals surface area contributed by atoms with Gasteiger partial charge in [-0.2, -0.15) is 0 Å². The zero-order chi connectivity index (χ0) is 19.4. The molecule has 0 atom stereocenters. The van der Waals surface area contributed by atoms with Crippen molar-refractivity contribution in [2.75, 3.05) is 10.6 Å². The van der Waals surface area contributed by atoms with Crippen LogP contribution in [0.5, 0.6) is 11.5 Å². The van der Waals surface area contributed by atoms with Crippen molar-refractivity contribution in [3.8, 4) is 11.5 Å². The molecule has 0 bridgehead atoms. The van der Waals surface area contributed by atoms with Crippen LogP contribution >= 0.6 is 0 Å². The first kappa shape index (κ1) is 21.0. The van der Waals surface area contributed by atoms with Gasteiger partial charge >= 0.3 is 0 Å². The fraction of sp³-hybridized carbons (Fsp3) is 0.300. The van der Waals surface area contributed by atoms with Crippen molar-refractivity contribution in [1.29, 1.82) is 0 Å². The van der Waals surface area contributed by atoms with E-state index in [0.29, 0.717) is 18.5 Å². The van der Waals surface area contributed by atoms with E-state index >= 15 is 0 Å². The van der Waals surface area contributed by atoms with E-state index in [4.69, 9.17) is 10.2 Å². The van der Waals surface area contributed by atoms with Crippen LogP contribution in [0.2, 0.25) is 0 Å². The maximum atomic E-state index is 11.1. The lowest BCUT2D eigenvalue weighted by Gasteiger charge is -2.03. The number of carbonyl (C=O) groups excluding carboxylic acids is 2. The Morgan fingerprint density at radius 3 is 1.81 bits per heavy atom. The maximum Gasteiger partial charge on any atom is 0.224 e. The topological polar surface area (TPSA) is 98.7 Å². The second-order valence-electron chi connectivity index (χ2n) is 5.69. The average Bonchev–Trinajstić information content (AvgIpc) is 2.58. The lowest BCUT2D eigenvalue weighted by atomic mass is 10.2. The molecule has 0 spiro atoms. The van der Waals surface area contributed by atoms with Gasteiger partial charge in [0.2, 0.25) is 11.8 Å². The summed E-state index contributed by atoms with van der Waals surface area (Å²) in [5.74, 6) is 0.351. The number of phenols is 2. The second kappa shape index (κ2) is 11.5. The van der Waals surface area contributed by atoms with E-state index in [2.05, 4.69) is 10.6 Å². The summed E-state index contributed by atoms with van der Waals surface area (Å²) in [4.78, 5) is 22.3. The number of rotatable bonds is 6. The van der Waals surface area contributed by atoms with Crippen molar-refractivity contribution >= 4 is 23.2 Å². The quantitative estimate of drug-likeness (QED) is 0.580. The SMILES string of the molecule is CCCC(=O)Nc1ccc(O)cc1.CCCC(=O)Nc1cccc(O)c1. The molecule has 2 aromatic carbocycles. The number of hydrogen-bond acceptors (Lipinski definition) is 4. The maximum absolute atomic E-state index is 11.1. The van der Waals surface area contributed by atoms with Gasteiger partial charge in [-0.1, -0.05) is 19.9 Å². The molecule has 0 aliphatic heterocycles. The lowest BCUT2D eigenvalue weighted by Crippen LogP contribution is -2.10. The zero-order valence-electron chi connectivity index (χ0n) is 15.2. The molecule has 140 valence electrons. The van der Waals surface area contributed by atoms with Gasteiger partial charge < -0.3 is 20.8 Å². The third-order valence-electron chi connectivity index (χ3n) is 3.24. The first-order valence-corrected chi connectivity index (χ1v) is 8.62. The Balaban J connectivity index is 0.000000260. The average molecular weight is 358 g/mol. The minimum Gasteiger partial charge on any atom is -0.508 e. The molecular formula is C20H26N2O4. The first-order valence-electron chi connectivity index (χ1n) is 8.62. The Morgan fingerprint density at radius 1 is 0.769 bits per heavy atom. The van der Waals surface area contributed by atoms with Crippen molar-refractivity contribution in [2.24, 2.45) is 0 Å². The molecule has 2 rings (SSSR count). The van der Waals surface area contributed by atoms with E-state index in [0.717, 1.165) is 18.5 Å². The summed E-state index contributed by atoms with van der Waals surface area (Å²) in [5.41, 5.74) is 1.36. The molecule has 0 saturated heterocycles. The van der Waals surface area contributed by atoms with Crippen LogP contribution in [0.3, 0.4) is 0 Å². The van der Waals surface area contributed by atoms with Crippen LogP contribution in [0.1, 0.15) is 39.5 Å².